The first-order valence-electron chi connectivity index (χ1n) is 8.44. The number of hydrogen-bond acceptors (Lipinski definition) is 2. The van der Waals surface area contributed by atoms with Crippen molar-refractivity contribution in [3.63, 3.8) is 0 Å². The Kier molecular flexibility index (Phi) is 4.05. The second kappa shape index (κ2) is 5.82. The lowest BCUT2D eigenvalue weighted by Gasteiger charge is -2.45. The van der Waals surface area contributed by atoms with E-state index in [0.29, 0.717) is 5.78 Å². The molecular weight excluding hydrogens is 260 g/mol. The van der Waals surface area contributed by atoms with Crippen molar-refractivity contribution in [2.75, 3.05) is 6.61 Å². The van der Waals surface area contributed by atoms with Crippen LogP contribution in [-0.2, 0) is 16.6 Å². The molecule has 0 heterocycles. The van der Waals surface area contributed by atoms with Crippen molar-refractivity contribution >= 4 is 5.78 Å². The number of ketones is 1. The van der Waals surface area contributed by atoms with Gasteiger partial charge in [0.25, 0.3) is 0 Å². The molecule has 1 aromatic carbocycles. The highest BCUT2D eigenvalue weighted by molar-refractivity contribution is 5.84. The fourth-order valence-electron chi connectivity index (χ4n) is 4.24. The molecule has 114 valence electrons. The lowest BCUT2D eigenvalue weighted by Crippen LogP contribution is -2.44. The van der Waals surface area contributed by atoms with Crippen molar-refractivity contribution in [3.8, 4) is 5.75 Å². The Morgan fingerprint density at radius 3 is 3.00 bits per heavy atom. The Labute approximate surface area is 127 Å². The predicted molar refractivity (Wildman–Crippen MR) is 84.9 cm³/mol. The first-order valence-corrected chi connectivity index (χ1v) is 8.44. The van der Waals surface area contributed by atoms with E-state index in [4.69, 9.17) is 4.74 Å². The van der Waals surface area contributed by atoms with Gasteiger partial charge < -0.3 is 4.74 Å². The molecule has 2 aliphatic rings. The zero-order valence-corrected chi connectivity index (χ0v) is 13.3. The number of rotatable bonds is 4. The number of carbonyl (C=O) groups is 1. The first kappa shape index (κ1) is 14.6. The second-order valence-electron chi connectivity index (χ2n) is 6.81. The predicted octanol–water partition coefficient (Wildman–Crippen LogP) is 4.44. The highest BCUT2D eigenvalue weighted by atomic mass is 16.5. The van der Waals surface area contributed by atoms with Gasteiger partial charge in [0.05, 0.1) is 6.61 Å². The molecule has 21 heavy (non-hydrogen) atoms. The van der Waals surface area contributed by atoms with Crippen molar-refractivity contribution in [3.05, 3.63) is 29.3 Å². The van der Waals surface area contributed by atoms with Gasteiger partial charge in [0.1, 0.15) is 11.5 Å². The normalized spacial score (nSPS) is 27.9. The summed E-state index contributed by atoms with van der Waals surface area (Å²) in [5.74, 6) is 1.76. The molecule has 1 unspecified atom stereocenters. The van der Waals surface area contributed by atoms with Gasteiger partial charge in [-0.25, -0.2) is 0 Å². The molecule has 0 radical (unpaired) electrons. The van der Waals surface area contributed by atoms with Gasteiger partial charge in [-0.15, -0.1) is 0 Å². The number of fused-ring (bicyclic) bond motifs is 3. The number of Topliss-reactive ketones (excluding diaryl/α,β-unsaturated/α-hetero) is 1. The van der Waals surface area contributed by atoms with Crippen LogP contribution >= 0.6 is 0 Å². The number of benzene rings is 1. The van der Waals surface area contributed by atoms with E-state index in [1.54, 1.807) is 0 Å². The van der Waals surface area contributed by atoms with Gasteiger partial charge >= 0.3 is 0 Å². The third-order valence-electron chi connectivity index (χ3n) is 5.46. The van der Waals surface area contributed by atoms with Crippen molar-refractivity contribution < 1.29 is 9.53 Å². The summed E-state index contributed by atoms with van der Waals surface area (Å²) in [4.78, 5) is 12.3. The smallest absolute Gasteiger partial charge is 0.136 e. The Morgan fingerprint density at radius 2 is 2.19 bits per heavy atom. The SMILES string of the molecule is CCCCOc1cccc2c1CCC1C(=O)CCC[C@@]21C. The van der Waals surface area contributed by atoms with E-state index in [0.717, 1.165) is 57.3 Å². The minimum absolute atomic E-state index is 0.0348. The Hall–Kier alpha value is -1.31. The largest absolute Gasteiger partial charge is 0.493 e. The van der Waals surface area contributed by atoms with Crippen molar-refractivity contribution in [2.45, 2.75) is 64.2 Å². The number of carbonyl (C=O) groups excluding carboxylic acids is 1. The summed E-state index contributed by atoms with van der Waals surface area (Å²) < 4.78 is 6.01. The third kappa shape index (κ3) is 2.49. The van der Waals surface area contributed by atoms with Crippen LogP contribution in [0.15, 0.2) is 18.2 Å². The quantitative estimate of drug-likeness (QED) is 0.765. The van der Waals surface area contributed by atoms with E-state index in [1.807, 2.05) is 0 Å². The molecule has 0 aliphatic heterocycles. The molecule has 2 heteroatoms. The number of hydrogen-bond donors (Lipinski definition) is 0. The number of unbranched alkanes of at least 4 members (excludes halogenated alkanes) is 1. The van der Waals surface area contributed by atoms with Gasteiger partial charge in [-0.3, -0.25) is 4.79 Å². The van der Waals surface area contributed by atoms with Crippen LogP contribution in [-0.4, -0.2) is 12.4 Å². The standard InChI is InChI=1S/C19H26O2/c1-3-4-13-21-18-9-5-7-15-14(18)10-11-16-17(20)8-6-12-19(15,16)2/h5,7,9,16H,3-4,6,8,10-13H2,1-2H3/t16?,19-/m0/s1. The molecule has 0 bridgehead atoms. The summed E-state index contributed by atoms with van der Waals surface area (Å²) >= 11 is 0. The summed E-state index contributed by atoms with van der Waals surface area (Å²) in [7, 11) is 0. The van der Waals surface area contributed by atoms with Crippen LogP contribution in [0.2, 0.25) is 0 Å². The zero-order valence-electron chi connectivity index (χ0n) is 13.3. The molecule has 1 aromatic rings. The maximum Gasteiger partial charge on any atom is 0.136 e. The van der Waals surface area contributed by atoms with Gasteiger partial charge in [-0.1, -0.05) is 32.4 Å². The molecular formula is C19H26O2. The summed E-state index contributed by atoms with van der Waals surface area (Å²) in [5.41, 5.74) is 2.77. The third-order valence-corrected chi connectivity index (χ3v) is 5.46. The topological polar surface area (TPSA) is 26.3 Å². The van der Waals surface area contributed by atoms with Crippen LogP contribution in [0.5, 0.6) is 5.75 Å². The monoisotopic (exact) mass is 286 g/mol. The van der Waals surface area contributed by atoms with Crippen molar-refractivity contribution in [1.82, 2.24) is 0 Å². The molecule has 1 saturated carbocycles. The van der Waals surface area contributed by atoms with Crippen LogP contribution in [0, 0.1) is 5.92 Å². The maximum absolute atomic E-state index is 12.3. The van der Waals surface area contributed by atoms with E-state index in [9.17, 15) is 4.79 Å². The molecule has 0 aromatic heterocycles. The minimum Gasteiger partial charge on any atom is -0.493 e. The molecule has 3 rings (SSSR count). The summed E-state index contributed by atoms with van der Waals surface area (Å²) in [6.45, 7) is 5.28. The average Bonchev–Trinajstić information content (AvgIpc) is 2.48. The van der Waals surface area contributed by atoms with Crippen LogP contribution in [0.3, 0.4) is 0 Å². The molecule has 0 spiro atoms. The van der Waals surface area contributed by atoms with E-state index < -0.39 is 0 Å². The number of ether oxygens (including phenoxy) is 1. The maximum atomic E-state index is 12.3. The van der Waals surface area contributed by atoms with E-state index in [1.165, 1.54) is 11.1 Å². The minimum atomic E-state index is 0.0348. The van der Waals surface area contributed by atoms with E-state index in [2.05, 4.69) is 32.0 Å². The fraction of sp³-hybridized carbons (Fsp3) is 0.632. The van der Waals surface area contributed by atoms with E-state index in [-0.39, 0.29) is 11.3 Å². The molecule has 1 fully saturated rings. The van der Waals surface area contributed by atoms with Gasteiger partial charge in [0.2, 0.25) is 0 Å². The Morgan fingerprint density at radius 1 is 1.33 bits per heavy atom. The molecule has 2 atom stereocenters. The van der Waals surface area contributed by atoms with Crippen LogP contribution in [0.4, 0.5) is 0 Å². The summed E-state index contributed by atoms with van der Waals surface area (Å²) in [6.07, 6.45) is 7.19. The highest BCUT2D eigenvalue weighted by Gasteiger charge is 2.46. The zero-order chi connectivity index (χ0) is 14.9. The highest BCUT2D eigenvalue weighted by Crippen LogP contribution is 2.50. The summed E-state index contributed by atoms with van der Waals surface area (Å²) in [6, 6.07) is 6.43. The fourth-order valence-corrected chi connectivity index (χ4v) is 4.24. The van der Waals surface area contributed by atoms with Crippen LogP contribution in [0.1, 0.15) is 63.5 Å². The Bertz CT molecular complexity index is 534. The molecule has 0 saturated heterocycles. The van der Waals surface area contributed by atoms with Crippen molar-refractivity contribution in [2.24, 2.45) is 5.92 Å². The Balaban J connectivity index is 1.94. The van der Waals surface area contributed by atoms with Gasteiger partial charge in [-0.05, 0) is 49.3 Å². The average molecular weight is 286 g/mol. The van der Waals surface area contributed by atoms with Gasteiger partial charge in [0, 0.05) is 17.8 Å². The van der Waals surface area contributed by atoms with Gasteiger partial charge in [-0.2, -0.15) is 0 Å². The summed E-state index contributed by atoms with van der Waals surface area (Å²) in [5, 5.41) is 0. The lowest BCUT2D eigenvalue weighted by molar-refractivity contribution is -0.128. The molecule has 0 N–H and O–H groups in total. The van der Waals surface area contributed by atoms with Gasteiger partial charge in [0.15, 0.2) is 0 Å². The lowest BCUT2D eigenvalue weighted by atomic mass is 9.58. The first-order chi connectivity index (χ1) is 10.2. The second-order valence-corrected chi connectivity index (χ2v) is 6.81. The van der Waals surface area contributed by atoms with Crippen molar-refractivity contribution in [1.29, 1.82) is 0 Å². The van der Waals surface area contributed by atoms with Crippen LogP contribution in [0.25, 0.3) is 0 Å². The van der Waals surface area contributed by atoms with E-state index >= 15 is 0 Å². The molecule has 2 aliphatic carbocycles. The molecule has 2 nitrogen and oxygen atoms in total. The van der Waals surface area contributed by atoms with Crippen LogP contribution < -0.4 is 4.74 Å². The molecule has 0 amide bonds.